The van der Waals surface area contributed by atoms with Crippen molar-refractivity contribution in [2.45, 2.75) is 26.0 Å². The molecule has 5 nitrogen and oxygen atoms in total. The average Bonchev–Trinajstić information content (AvgIpc) is 3.54. The Bertz CT molecular complexity index is 1590. The highest BCUT2D eigenvalue weighted by Gasteiger charge is 2.22. The van der Waals surface area contributed by atoms with Gasteiger partial charge in [-0.05, 0) is 35.1 Å². The van der Waals surface area contributed by atoms with Crippen LogP contribution in [0.15, 0.2) is 132 Å². The van der Waals surface area contributed by atoms with E-state index in [1.165, 1.54) is 11.3 Å². The van der Waals surface area contributed by atoms with Gasteiger partial charge in [0, 0.05) is 23.1 Å². The van der Waals surface area contributed by atoms with Crippen molar-refractivity contribution < 1.29 is 19.1 Å². The molecule has 0 spiro atoms. The first kappa shape index (κ1) is 28.7. The highest BCUT2D eigenvalue weighted by molar-refractivity contribution is 7.12. The molecule has 1 aromatic heterocycles. The fourth-order valence-electron chi connectivity index (χ4n) is 4.61. The Morgan fingerprint density at radius 3 is 1.90 bits per heavy atom. The van der Waals surface area contributed by atoms with Crippen LogP contribution in [-0.2, 0) is 27.3 Å². The topological polar surface area (TPSA) is 65.0 Å². The fraction of sp³-hybridized carbons (Fsp3) is 0.139. The summed E-state index contributed by atoms with van der Waals surface area (Å²) in [4.78, 5) is 31.5. The van der Waals surface area contributed by atoms with E-state index >= 15 is 0 Å². The van der Waals surface area contributed by atoms with Gasteiger partial charge in [0.25, 0.3) is 0 Å². The van der Waals surface area contributed by atoms with E-state index in [2.05, 4.69) is 0 Å². The number of benzene rings is 4. The first-order valence-electron chi connectivity index (χ1n) is 13.9. The van der Waals surface area contributed by atoms with Crippen LogP contribution >= 0.6 is 11.3 Å². The average molecular weight is 574 g/mol. The third-order valence-electron chi connectivity index (χ3n) is 6.70. The number of carbonyl (C=O) groups excluding carboxylic acids is 2. The summed E-state index contributed by atoms with van der Waals surface area (Å²) in [6.45, 7) is 2.29. The van der Waals surface area contributed by atoms with Gasteiger partial charge in [-0.3, -0.25) is 4.99 Å². The molecule has 1 unspecified atom stereocenters. The maximum Gasteiger partial charge on any atom is 0.349 e. The lowest BCUT2D eigenvalue weighted by atomic mass is 9.99. The maximum atomic E-state index is 13.1. The summed E-state index contributed by atoms with van der Waals surface area (Å²) in [6, 6.07) is 38.4. The van der Waals surface area contributed by atoms with Crippen LogP contribution < -0.4 is 0 Å². The number of nitrogens with zero attached hydrogens (tertiary/aromatic N) is 1. The van der Waals surface area contributed by atoms with Crippen molar-refractivity contribution in [2.75, 3.05) is 6.61 Å². The maximum absolute atomic E-state index is 13.1. The van der Waals surface area contributed by atoms with Crippen LogP contribution in [0.2, 0.25) is 0 Å². The van der Waals surface area contributed by atoms with Gasteiger partial charge in [0.2, 0.25) is 0 Å². The van der Waals surface area contributed by atoms with Crippen molar-refractivity contribution in [1.82, 2.24) is 0 Å². The minimum atomic E-state index is -0.726. The largest absolute Gasteiger partial charge is 0.464 e. The monoisotopic (exact) mass is 573 g/mol. The Labute approximate surface area is 250 Å². The van der Waals surface area contributed by atoms with Crippen LogP contribution in [-0.4, -0.2) is 30.3 Å². The summed E-state index contributed by atoms with van der Waals surface area (Å²) in [5.74, 6) is -0.716. The highest BCUT2D eigenvalue weighted by Crippen LogP contribution is 2.30. The Kier molecular flexibility index (Phi) is 9.70. The van der Waals surface area contributed by atoms with Crippen molar-refractivity contribution in [3.8, 4) is 11.1 Å². The molecule has 0 aliphatic rings. The minimum absolute atomic E-state index is 0.222. The molecule has 0 radical (unpaired) electrons. The van der Waals surface area contributed by atoms with Crippen molar-refractivity contribution in [1.29, 1.82) is 0 Å². The molecule has 1 heterocycles. The molecule has 5 rings (SSSR count). The second kappa shape index (κ2) is 14.2. The fourth-order valence-corrected chi connectivity index (χ4v) is 5.42. The van der Waals surface area contributed by atoms with E-state index in [4.69, 9.17) is 14.5 Å². The van der Waals surface area contributed by atoms with Gasteiger partial charge in [-0.25, -0.2) is 9.59 Å². The van der Waals surface area contributed by atoms with Gasteiger partial charge in [-0.2, -0.15) is 0 Å². The summed E-state index contributed by atoms with van der Waals surface area (Å²) in [5.41, 5.74) is 6.19. The van der Waals surface area contributed by atoms with Crippen LogP contribution in [0.1, 0.15) is 38.8 Å². The molecule has 0 saturated heterocycles. The lowest BCUT2D eigenvalue weighted by Gasteiger charge is -2.16. The Balaban J connectivity index is 1.37. The Morgan fingerprint density at radius 2 is 1.31 bits per heavy atom. The standard InChI is InChI=1S/C36H31NO4S/c1-2-40-35(38)32(37-33(29-14-8-4-9-15-29)30-16-10-5-11-17-30)24-26-18-20-28(21-19-26)31-22-23-42-34(31)36(39)41-25-27-12-6-3-7-13-27/h3-23,32H,2,24-25H2,1H3. The SMILES string of the molecule is CCOC(=O)C(Cc1ccc(-c2ccsc2C(=O)OCc2ccccc2)cc1)N=C(c1ccccc1)c1ccccc1. The van der Waals surface area contributed by atoms with Gasteiger partial charge in [0.05, 0.1) is 12.3 Å². The molecule has 0 N–H and O–H groups in total. The highest BCUT2D eigenvalue weighted by atomic mass is 32.1. The second-order valence-corrected chi connectivity index (χ2v) is 10.5. The van der Waals surface area contributed by atoms with Gasteiger partial charge in [0.1, 0.15) is 11.5 Å². The Morgan fingerprint density at radius 1 is 0.714 bits per heavy atom. The van der Waals surface area contributed by atoms with E-state index in [1.54, 1.807) is 6.92 Å². The number of aliphatic imine (C=N–C) groups is 1. The lowest BCUT2D eigenvalue weighted by Crippen LogP contribution is -2.26. The molecule has 4 aromatic carbocycles. The van der Waals surface area contributed by atoms with E-state index in [0.717, 1.165) is 39.1 Å². The molecule has 5 aromatic rings. The smallest absolute Gasteiger partial charge is 0.349 e. The van der Waals surface area contributed by atoms with E-state index in [-0.39, 0.29) is 25.2 Å². The molecule has 0 aliphatic carbocycles. The van der Waals surface area contributed by atoms with Crippen LogP contribution in [0.4, 0.5) is 0 Å². The normalized spacial score (nSPS) is 11.4. The van der Waals surface area contributed by atoms with Gasteiger partial charge >= 0.3 is 11.9 Å². The van der Waals surface area contributed by atoms with Gasteiger partial charge in [-0.1, -0.05) is 115 Å². The molecule has 0 saturated carbocycles. The molecule has 42 heavy (non-hydrogen) atoms. The van der Waals surface area contributed by atoms with Crippen LogP contribution in [0, 0.1) is 0 Å². The molecule has 0 bridgehead atoms. The predicted octanol–water partition coefficient (Wildman–Crippen LogP) is 7.78. The zero-order valence-corrected chi connectivity index (χ0v) is 24.1. The number of thiophene rings is 1. The molecular formula is C36H31NO4S. The predicted molar refractivity (Wildman–Crippen MR) is 168 cm³/mol. The number of hydrogen-bond donors (Lipinski definition) is 0. The summed E-state index contributed by atoms with van der Waals surface area (Å²) in [5, 5.41) is 1.89. The van der Waals surface area contributed by atoms with Crippen molar-refractivity contribution in [3.63, 3.8) is 0 Å². The number of rotatable bonds is 11. The number of ether oxygens (including phenoxy) is 2. The summed E-state index contributed by atoms with van der Waals surface area (Å²) < 4.78 is 11.0. The van der Waals surface area contributed by atoms with Crippen LogP contribution in [0.3, 0.4) is 0 Å². The summed E-state index contributed by atoms with van der Waals surface area (Å²) in [7, 11) is 0. The molecular weight excluding hydrogens is 542 g/mol. The summed E-state index contributed by atoms with van der Waals surface area (Å²) in [6.07, 6.45) is 0.373. The van der Waals surface area contributed by atoms with E-state index in [9.17, 15) is 9.59 Å². The molecule has 210 valence electrons. The molecule has 0 aliphatic heterocycles. The van der Waals surface area contributed by atoms with Gasteiger partial charge in [0.15, 0.2) is 6.04 Å². The molecule has 0 amide bonds. The van der Waals surface area contributed by atoms with Crippen LogP contribution in [0.25, 0.3) is 11.1 Å². The van der Waals surface area contributed by atoms with Crippen molar-refractivity contribution >= 4 is 29.0 Å². The number of carbonyl (C=O) groups is 2. The lowest BCUT2D eigenvalue weighted by molar-refractivity contribution is -0.144. The third kappa shape index (κ3) is 7.28. The zero-order chi connectivity index (χ0) is 29.1. The first-order chi connectivity index (χ1) is 20.6. The van der Waals surface area contributed by atoms with Gasteiger partial charge in [-0.15, -0.1) is 11.3 Å². The van der Waals surface area contributed by atoms with Crippen LogP contribution in [0.5, 0.6) is 0 Å². The quantitative estimate of drug-likeness (QED) is 0.120. The van der Waals surface area contributed by atoms with Crippen molar-refractivity contribution in [3.05, 3.63) is 154 Å². The van der Waals surface area contributed by atoms with E-state index in [0.29, 0.717) is 11.3 Å². The van der Waals surface area contributed by atoms with E-state index in [1.807, 2.05) is 127 Å². The van der Waals surface area contributed by atoms with Gasteiger partial charge < -0.3 is 9.47 Å². The second-order valence-electron chi connectivity index (χ2n) is 9.60. The molecule has 6 heteroatoms. The first-order valence-corrected chi connectivity index (χ1v) is 14.7. The number of esters is 2. The molecule has 0 fully saturated rings. The van der Waals surface area contributed by atoms with Crippen molar-refractivity contribution in [2.24, 2.45) is 4.99 Å². The molecule has 1 atom stereocenters. The zero-order valence-electron chi connectivity index (χ0n) is 23.3. The Hall–Kier alpha value is -4.81. The third-order valence-corrected chi connectivity index (χ3v) is 7.59. The van der Waals surface area contributed by atoms with E-state index < -0.39 is 6.04 Å². The minimum Gasteiger partial charge on any atom is -0.464 e. The summed E-state index contributed by atoms with van der Waals surface area (Å²) >= 11 is 1.36. The number of hydrogen-bond acceptors (Lipinski definition) is 6.